The largest absolute Gasteiger partial charge is 0.328 e. The Morgan fingerprint density at radius 1 is 0.614 bits per heavy atom. The van der Waals surface area contributed by atoms with Gasteiger partial charge >= 0.3 is 0 Å². The Morgan fingerprint density at radius 2 is 1.14 bits per heavy atom. The van der Waals surface area contributed by atoms with Crippen LogP contribution in [-0.4, -0.2) is 63.0 Å². The molecular formula is C42H47BrN10O2S2. The third-order valence-corrected chi connectivity index (χ3v) is 12.0. The predicted octanol–water partition coefficient (Wildman–Crippen LogP) is 7.20. The van der Waals surface area contributed by atoms with Gasteiger partial charge in [0.25, 0.3) is 11.1 Å². The van der Waals surface area contributed by atoms with E-state index in [1.54, 1.807) is 60.4 Å². The number of hydrogen-bond donors (Lipinski definition) is 1. The zero-order valence-corrected chi connectivity index (χ0v) is 35.3. The lowest BCUT2D eigenvalue weighted by molar-refractivity contribution is 0.476. The minimum atomic E-state index is -0.150. The van der Waals surface area contributed by atoms with Crippen LogP contribution in [-0.2, 0) is 19.3 Å². The van der Waals surface area contributed by atoms with Crippen LogP contribution in [0.5, 0.6) is 0 Å². The van der Waals surface area contributed by atoms with E-state index >= 15 is 0 Å². The summed E-state index contributed by atoms with van der Waals surface area (Å²) in [4.78, 5) is 47.9. The maximum atomic E-state index is 11.9. The van der Waals surface area contributed by atoms with Gasteiger partial charge in [0.2, 0.25) is 0 Å². The Bertz CT molecular complexity index is 2260. The molecule has 6 aromatic heterocycles. The number of rotatable bonds is 10. The van der Waals surface area contributed by atoms with Crippen molar-refractivity contribution in [3.8, 4) is 11.4 Å². The number of thioether (sulfide) groups is 2. The first kappa shape index (κ1) is 42.0. The van der Waals surface area contributed by atoms with Crippen LogP contribution < -0.4 is 16.9 Å². The SMILES string of the molecule is CSc1ccc(Br)nc1.CSc1cnc(C[C@H]2CC[C@H](Cc3ccc(-n4ncccc4=O)cn3)C2)nc1.N[C@H]1CC[C@H](Cc2ccc(-n3ncccc3=O)cn2)C1. The predicted molar refractivity (Wildman–Crippen MR) is 230 cm³/mol. The molecule has 4 atom stereocenters. The molecule has 0 aromatic carbocycles. The van der Waals surface area contributed by atoms with Gasteiger partial charge in [-0.05, 0) is 146 Å². The van der Waals surface area contributed by atoms with E-state index in [0.29, 0.717) is 35.2 Å². The molecule has 2 N–H and O–H groups in total. The van der Waals surface area contributed by atoms with Crippen LogP contribution in [0.25, 0.3) is 11.4 Å². The van der Waals surface area contributed by atoms with Crippen molar-refractivity contribution in [1.82, 2.24) is 44.5 Å². The van der Waals surface area contributed by atoms with E-state index in [9.17, 15) is 9.59 Å². The molecule has 12 nitrogen and oxygen atoms in total. The fourth-order valence-corrected chi connectivity index (χ4v) is 8.08. The van der Waals surface area contributed by atoms with Crippen LogP contribution >= 0.6 is 39.5 Å². The quantitative estimate of drug-likeness (QED) is 0.109. The molecule has 0 bridgehead atoms. The van der Waals surface area contributed by atoms with Crippen LogP contribution in [0.15, 0.2) is 128 Å². The van der Waals surface area contributed by atoms with Gasteiger partial charge in [-0.3, -0.25) is 19.6 Å². The lowest BCUT2D eigenvalue weighted by Gasteiger charge is -2.11. The monoisotopic (exact) mass is 866 g/mol. The van der Waals surface area contributed by atoms with Crippen molar-refractivity contribution < 1.29 is 0 Å². The highest BCUT2D eigenvalue weighted by Gasteiger charge is 2.26. The van der Waals surface area contributed by atoms with E-state index in [2.05, 4.69) is 51.0 Å². The number of pyridine rings is 3. The second kappa shape index (κ2) is 21.3. The normalized spacial score (nSPS) is 18.6. The fourth-order valence-electron chi connectivity index (χ4n) is 7.16. The van der Waals surface area contributed by atoms with Crippen LogP contribution in [0, 0.1) is 17.8 Å². The summed E-state index contributed by atoms with van der Waals surface area (Å²) in [5.74, 6) is 2.88. The Balaban J connectivity index is 0.000000164. The van der Waals surface area contributed by atoms with E-state index in [-0.39, 0.29) is 11.1 Å². The molecule has 2 aliphatic rings. The molecule has 15 heteroatoms. The summed E-state index contributed by atoms with van der Waals surface area (Å²) in [6.07, 6.45) is 26.3. The summed E-state index contributed by atoms with van der Waals surface area (Å²) in [5.41, 5.74) is 9.15. The third-order valence-electron chi connectivity index (χ3n) is 10.1. The van der Waals surface area contributed by atoms with Crippen LogP contribution in [0.2, 0.25) is 0 Å². The topological polar surface area (TPSA) is 160 Å². The van der Waals surface area contributed by atoms with Gasteiger partial charge in [0.05, 0.1) is 23.8 Å². The van der Waals surface area contributed by atoms with Crippen molar-refractivity contribution >= 4 is 39.5 Å². The lowest BCUT2D eigenvalue weighted by atomic mass is 9.97. The standard InChI is InChI=1S/C21H23N5OS.C15H18N4O.C6H6BrNS/c1-28-19-13-23-20(24-14-19)11-16-5-4-15(9-16)10-17-6-7-18(12-22-17)26-21(27)3-2-8-25-26;16-12-4-3-11(8-12)9-13-5-6-14(10-17-13)19-15(20)2-1-7-18-19;1-9-5-2-3-6(7)8-4-5/h2-3,6-8,12-16H,4-5,9-11H2,1H3;1-2,5-7,10-12H,3-4,8-9,16H2;2-4H,1H3/t15-,16-;11-,12-;/m00./s1. The van der Waals surface area contributed by atoms with Gasteiger partial charge < -0.3 is 5.73 Å². The van der Waals surface area contributed by atoms with E-state index in [4.69, 9.17) is 5.73 Å². The molecule has 0 aliphatic heterocycles. The molecule has 57 heavy (non-hydrogen) atoms. The van der Waals surface area contributed by atoms with E-state index in [0.717, 1.165) is 58.8 Å². The second-order valence-electron chi connectivity index (χ2n) is 14.2. The first-order chi connectivity index (χ1) is 27.8. The molecule has 8 rings (SSSR count). The van der Waals surface area contributed by atoms with Crippen molar-refractivity contribution in [2.75, 3.05) is 12.5 Å². The van der Waals surface area contributed by atoms with Gasteiger partial charge in [0, 0.05) is 76.8 Å². The smallest absolute Gasteiger partial charge is 0.271 e. The Labute approximate surface area is 349 Å². The molecule has 6 heterocycles. The third kappa shape index (κ3) is 12.7. The molecule has 2 aliphatic carbocycles. The minimum absolute atomic E-state index is 0.149. The minimum Gasteiger partial charge on any atom is -0.328 e. The van der Waals surface area contributed by atoms with E-state index in [1.807, 2.05) is 67.5 Å². The van der Waals surface area contributed by atoms with Gasteiger partial charge in [-0.1, -0.05) is 0 Å². The molecule has 2 fully saturated rings. The van der Waals surface area contributed by atoms with Crippen LogP contribution in [0.3, 0.4) is 0 Å². The first-order valence-corrected chi connectivity index (χ1v) is 22.3. The summed E-state index contributed by atoms with van der Waals surface area (Å²) in [6, 6.07) is 18.4. The van der Waals surface area contributed by atoms with Gasteiger partial charge in [0.15, 0.2) is 0 Å². The summed E-state index contributed by atoms with van der Waals surface area (Å²) >= 11 is 6.62. The molecule has 6 aromatic rings. The molecule has 0 radical (unpaired) electrons. The summed E-state index contributed by atoms with van der Waals surface area (Å²) in [7, 11) is 0. The molecule has 0 spiro atoms. The number of nitrogens with zero attached hydrogens (tertiary/aromatic N) is 9. The van der Waals surface area contributed by atoms with Gasteiger partial charge in [0.1, 0.15) is 10.4 Å². The lowest BCUT2D eigenvalue weighted by Crippen LogP contribution is -2.19. The van der Waals surface area contributed by atoms with Crippen molar-refractivity contribution in [1.29, 1.82) is 0 Å². The van der Waals surface area contributed by atoms with Crippen molar-refractivity contribution in [3.05, 3.63) is 147 Å². The average Bonchev–Trinajstić information content (AvgIpc) is 3.87. The average molecular weight is 868 g/mol. The van der Waals surface area contributed by atoms with Gasteiger partial charge in [-0.25, -0.2) is 15.0 Å². The summed E-state index contributed by atoms with van der Waals surface area (Å²) in [6.45, 7) is 0. The number of hydrogen-bond acceptors (Lipinski definition) is 12. The second-order valence-corrected chi connectivity index (χ2v) is 16.8. The Hall–Kier alpha value is -4.57. The first-order valence-electron chi connectivity index (χ1n) is 19.0. The molecule has 2 saturated carbocycles. The zero-order chi connectivity index (χ0) is 40.0. The van der Waals surface area contributed by atoms with Crippen LogP contribution in [0.1, 0.15) is 55.7 Å². The summed E-state index contributed by atoms with van der Waals surface area (Å²) < 4.78 is 3.60. The molecule has 0 unspecified atom stereocenters. The number of aromatic nitrogens is 9. The highest BCUT2D eigenvalue weighted by Crippen LogP contribution is 2.34. The zero-order valence-electron chi connectivity index (χ0n) is 32.1. The molecule has 296 valence electrons. The fraction of sp³-hybridized carbons (Fsp3) is 0.357. The molecular weight excluding hydrogens is 821 g/mol. The highest BCUT2D eigenvalue weighted by atomic mass is 79.9. The van der Waals surface area contributed by atoms with Gasteiger partial charge in [-0.15, -0.1) is 23.5 Å². The van der Waals surface area contributed by atoms with Gasteiger partial charge in [-0.2, -0.15) is 19.6 Å². The van der Waals surface area contributed by atoms with E-state index < -0.39 is 0 Å². The summed E-state index contributed by atoms with van der Waals surface area (Å²) in [5, 5.41) is 8.13. The maximum absolute atomic E-state index is 11.9. The molecule has 0 saturated heterocycles. The Morgan fingerprint density at radius 3 is 1.60 bits per heavy atom. The van der Waals surface area contributed by atoms with Crippen LogP contribution in [0.4, 0.5) is 0 Å². The van der Waals surface area contributed by atoms with E-state index in [1.165, 1.54) is 52.1 Å². The van der Waals surface area contributed by atoms with Crippen molar-refractivity contribution in [3.63, 3.8) is 0 Å². The Kier molecular flexibility index (Phi) is 15.7. The molecule has 0 amide bonds. The highest BCUT2D eigenvalue weighted by molar-refractivity contribution is 9.10. The van der Waals surface area contributed by atoms with Crippen molar-refractivity contribution in [2.45, 2.75) is 73.6 Å². The number of nitrogens with two attached hydrogens (primary N) is 1. The van der Waals surface area contributed by atoms with Crippen molar-refractivity contribution in [2.24, 2.45) is 23.5 Å². The number of halogens is 1. The maximum Gasteiger partial charge on any atom is 0.271 e.